The van der Waals surface area contributed by atoms with Crippen LogP contribution in [0.4, 0.5) is 29.0 Å². The number of benzene rings is 3. The zero-order valence-electron chi connectivity index (χ0n) is 22.0. The maximum Gasteiger partial charge on any atom is 0.337 e. The highest BCUT2D eigenvalue weighted by Crippen LogP contribution is 2.32. The molecular weight excluding hydrogens is 598 g/mol. The van der Waals surface area contributed by atoms with Crippen LogP contribution in [0.3, 0.4) is 0 Å². The summed E-state index contributed by atoms with van der Waals surface area (Å²) in [5, 5.41) is 38.3. The minimum Gasteiger partial charge on any atom is -0.479 e. The number of carboxylic acids is 2. The average molecular weight is 618 g/mol. The second-order valence-electron chi connectivity index (χ2n) is 8.92. The van der Waals surface area contributed by atoms with Crippen molar-refractivity contribution in [3.8, 4) is 6.01 Å². The number of nitrogens with one attached hydrogen (secondary N) is 3. The molecule has 44 heavy (non-hydrogen) atoms. The summed E-state index contributed by atoms with van der Waals surface area (Å²) in [6.45, 7) is 0. The molecule has 0 fully saturated rings. The van der Waals surface area contributed by atoms with Crippen molar-refractivity contribution in [1.82, 2.24) is 15.0 Å². The van der Waals surface area contributed by atoms with Crippen molar-refractivity contribution in [2.24, 2.45) is 5.10 Å². The summed E-state index contributed by atoms with van der Waals surface area (Å²) in [6, 6.07) is 12.8. The second kappa shape index (κ2) is 11.6. The highest BCUT2D eigenvalue weighted by atomic mass is 32.2. The second-order valence-corrected chi connectivity index (χ2v) is 10.3. The number of hydrogen-bond acceptors (Lipinski definition) is 13. The average Bonchev–Trinajstić information content (AvgIpc) is 2.96. The zero-order chi connectivity index (χ0) is 31.6. The third kappa shape index (κ3) is 6.17. The van der Waals surface area contributed by atoms with E-state index in [9.17, 15) is 42.7 Å². The first-order valence-corrected chi connectivity index (χ1v) is 13.7. The van der Waals surface area contributed by atoms with E-state index >= 15 is 0 Å². The van der Waals surface area contributed by atoms with Gasteiger partial charge in [0.25, 0.3) is 10.1 Å². The van der Waals surface area contributed by atoms with Crippen molar-refractivity contribution in [3.05, 3.63) is 89.0 Å². The number of rotatable bonds is 9. The maximum atomic E-state index is 13.5. The van der Waals surface area contributed by atoms with Crippen molar-refractivity contribution in [2.45, 2.75) is 4.90 Å². The molecule has 0 saturated heterocycles. The van der Waals surface area contributed by atoms with Crippen LogP contribution in [0.1, 0.15) is 36.6 Å². The lowest BCUT2D eigenvalue weighted by Crippen LogP contribution is -2.21. The van der Waals surface area contributed by atoms with Crippen LogP contribution in [-0.4, -0.2) is 66.7 Å². The predicted octanol–water partition coefficient (Wildman–Crippen LogP) is 3.39. The van der Waals surface area contributed by atoms with E-state index in [-0.39, 0.29) is 51.0 Å². The first-order chi connectivity index (χ1) is 20.9. The van der Waals surface area contributed by atoms with E-state index in [0.717, 1.165) is 12.1 Å². The van der Waals surface area contributed by atoms with Gasteiger partial charge in [-0.25, -0.2) is 9.59 Å². The van der Waals surface area contributed by atoms with Gasteiger partial charge in [-0.15, -0.1) is 0 Å². The number of nitrogens with zero attached hydrogens (tertiary/aromatic N) is 4. The Kier molecular flexibility index (Phi) is 7.72. The van der Waals surface area contributed by atoms with Crippen LogP contribution in [0.15, 0.2) is 76.7 Å². The Morgan fingerprint density at radius 2 is 1.34 bits per heavy atom. The Hall–Kier alpha value is -6.20. The lowest BCUT2D eigenvalue weighted by atomic mass is 9.93. The van der Waals surface area contributed by atoms with Crippen molar-refractivity contribution in [1.29, 1.82) is 0 Å². The van der Waals surface area contributed by atoms with Gasteiger partial charge in [0.15, 0.2) is 0 Å². The summed E-state index contributed by atoms with van der Waals surface area (Å²) in [5.41, 5.74) is 2.03. The molecule has 0 atom stereocenters. The number of carboxylic acid groups (broad SMARTS) is 2. The van der Waals surface area contributed by atoms with Crippen molar-refractivity contribution in [2.75, 3.05) is 16.1 Å². The molecule has 0 bridgehead atoms. The Morgan fingerprint density at radius 1 is 0.773 bits per heavy atom. The number of Topliss-reactive ketones (excluding diaryl/α,β-unsaturated/α-hetero) is 1. The zero-order valence-corrected chi connectivity index (χ0v) is 22.8. The number of aromatic carboxylic acids is 2. The number of aromatic nitrogens is 3. The van der Waals surface area contributed by atoms with Crippen molar-refractivity contribution in [3.63, 3.8) is 0 Å². The molecule has 1 heterocycles. The smallest absolute Gasteiger partial charge is 0.337 e. The Balaban J connectivity index is 1.53. The summed E-state index contributed by atoms with van der Waals surface area (Å²) >= 11 is 0. The number of carbonyl (C=O) groups is 3. The molecule has 1 aliphatic carbocycles. The van der Waals surface area contributed by atoms with Gasteiger partial charge < -0.3 is 26.0 Å². The molecular formula is C27H19N7O9S. The number of carbonyl (C=O) groups excluding carboxylic acids is 1. The Labute approximate surface area is 247 Å². The molecule has 0 spiro atoms. The molecule has 0 unspecified atom stereocenters. The monoisotopic (exact) mass is 617 g/mol. The van der Waals surface area contributed by atoms with E-state index in [1.807, 2.05) is 0 Å². The summed E-state index contributed by atoms with van der Waals surface area (Å²) in [4.78, 5) is 47.6. The highest BCUT2D eigenvalue weighted by Gasteiger charge is 2.27. The molecule has 7 N–H and O–H groups in total. The SMILES string of the molecule is O=C(O)c1ccccc1NN=C1C=Cc2cc(S(=O)(=O)O)cc(Nc3nc(O)nc(Nc4ccccc4C(=O)O)n3)c2C1=O. The van der Waals surface area contributed by atoms with Gasteiger partial charge in [-0.3, -0.25) is 14.8 Å². The van der Waals surface area contributed by atoms with Crippen LogP contribution in [0.5, 0.6) is 6.01 Å². The number of hydrogen-bond donors (Lipinski definition) is 7. The van der Waals surface area contributed by atoms with E-state index in [4.69, 9.17) is 0 Å². The van der Waals surface area contributed by atoms with E-state index in [1.165, 1.54) is 48.6 Å². The number of ketones is 1. The van der Waals surface area contributed by atoms with Crippen LogP contribution >= 0.6 is 0 Å². The molecule has 4 aromatic rings. The topological polar surface area (TPSA) is 253 Å². The van der Waals surface area contributed by atoms with Crippen molar-refractivity contribution < 1.29 is 42.7 Å². The van der Waals surface area contributed by atoms with Crippen LogP contribution in [0, 0.1) is 0 Å². The molecule has 16 nitrogen and oxygen atoms in total. The largest absolute Gasteiger partial charge is 0.479 e. The molecule has 0 amide bonds. The molecule has 5 rings (SSSR count). The fourth-order valence-electron chi connectivity index (χ4n) is 4.11. The summed E-state index contributed by atoms with van der Waals surface area (Å²) in [6.07, 6.45) is 2.61. The van der Waals surface area contributed by atoms with Gasteiger partial charge >= 0.3 is 17.9 Å². The highest BCUT2D eigenvalue weighted by molar-refractivity contribution is 7.85. The van der Waals surface area contributed by atoms with E-state index in [2.05, 4.69) is 36.1 Å². The molecule has 0 radical (unpaired) electrons. The predicted molar refractivity (Wildman–Crippen MR) is 156 cm³/mol. The number of allylic oxidation sites excluding steroid dienone is 1. The molecule has 1 aromatic heterocycles. The van der Waals surface area contributed by atoms with Gasteiger partial charge in [-0.1, -0.05) is 30.3 Å². The first-order valence-electron chi connectivity index (χ1n) is 12.3. The third-order valence-corrected chi connectivity index (χ3v) is 6.88. The number of anilines is 5. The normalized spacial score (nSPS) is 13.3. The lowest BCUT2D eigenvalue weighted by Gasteiger charge is -2.18. The fraction of sp³-hybridized carbons (Fsp3) is 0. The quantitative estimate of drug-likeness (QED) is 0.105. The lowest BCUT2D eigenvalue weighted by molar-refractivity contribution is 0.0687. The molecule has 1 aliphatic rings. The fourth-order valence-corrected chi connectivity index (χ4v) is 4.66. The molecule has 0 saturated carbocycles. The van der Waals surface area contributed by atoms with E-state index < -0.39 is 44.7 Å². The molecule has 3 aromatic carbocycles. The van der Waals surface area contributed by atoms with Gasteiger partial charge in [-0.05, 0) is 48.0 Å². The minimum atomic E-state index is -4.77. The first kappa shape index (κ1) is 29.3. The summed E-state index contributed by atoms with van der Waals surface area (Å²) in [5.74, 6) is -3.91. The Bertz CT molecular complexity index is 2030. The van der Waals surface area contributed by atoms with Gasteiger partial charge in [0.1, 0.15) is 5.71 Å². The standard InChI is InChI=1S/C27H19N7O9S/c35-22-19(34-33-18-8-4-2-6-16(18)24(38)39)10-9-13-11-14(44(41,42)43)12-20(21(13)22)29-26-30-25(31-27(40)32-26)28-17-7-3-1-5-15(17)23(36)37/h1-12,33H,(H,36,37)(H,38,39)(H,41,42,43)(H3,28,29,30,31,32,40). The minimum absolute atomic E-state index is 0.0597. The summed E-state index contributed by atoms with van der Waals surface area (Å²) < 4.78 is 33.7. The van der Waals surface area contributed by atoms with Crippen LogP contribution in [0.25, 0.3) is 6.08 Å². The maximum absolute atomic E-state index is 13.5. The molecule has 0 aliphatic heterocycles. The van der Waals surface area contributed by atoms with E-state index in [0.29, 0.717) is 0 Å². The van der Waals surface area contributed by atoms with Crippen LogP contribution in [-0.2, 0) is 10.1 Å². The van der Waals surface area contributed by atoms with Gasteiger partial charge in [0.2, 0.25) is 17.7 Å². The number of para-hydroxylation sites is 2. The van der Waals surface area contributed by atoms with Gasteiger partial charge in [0, 0.05) is 0 Å². The molecule has 222 valence electrons. The summed E-state index contributed by atoms with van der Waals surface area (Å²) in [7, 11) is -4.77. The number of hydrazone groups is 1. The third-order valence-electron chi connectivity index (χ3n) is 6.05. The number of fused-ring (bicyclic) bond motifs is 1. The number of aromatic hydroxyl groups is 1. The Morgan fingerprint density at radius 3 is 1.95 bits per heavy atom. The van der Waals surface area contributed by atoms with Crippen molar-refractivity contribution >= 4 is 68.6 Å². The van der Waals surface area contributed by atoms with Gasteiger partial charge in [0.05, 0.1) is 38.6 Å². The molecule has 17 heteroatoms. The van der Waals surface area contributed by atoms with E-state index in [1.54, 1.807) is 12.1 Å². The van der Waals surface area contributed by atoms with Crippen LogP contribution < -0.4 is 16.1 Å². The van der Waals surface area contributed by atoms with Gasteiger partial charge in [-0.2, -0.15) is 28.5 Å². The van der Waals surface area contributed by atoms with Crippen LogP contribution in [0.2, 0.25) is 0 Å².